The van der Waals surface area contributed by atoms with Crippen molar-refractivity contribution < 1.29 is 23.5 Å². The van der Waals surface area contributed by atoms with Crippen LogP contribution in [-0.4, -0.2) is 73.0 Å². The van der Waals surface area contributed by atoms with Gasteiger partial charge in [-0.15, -0.1) is 0 Å². The number of hydrogen-bond acceptors (Lipinski definition) is 4. The fourth-order valence-corrected chi connectivity index (χ4v) is 5.01. The molecule has 0 bridgehead atoms. The molecule has 1 heterocycles. The zero-order valence-corrected chi connectivity index (χ0v) is 20.4. The Morgan fingerprint density at radius 2 is 1.80 bits per heavy atom. The summed E-state index contributed by atoms with van der Waals surface area (Å²) in [5.41, 5.74) is 1.78. The van der Waals surface area contributed by atoms with Crippen molar-refractivity contribution in [3.05, 3.63) is 59.9 Å². The molecule has 4 rings (SSSR count). The molecule has 7 nitrogen and oxygen atoms in total. The second-order valence-corrected chi connectivity index (χ2v) is 9.60. The number of ether oxygens (including phenoxy) is 1. The van der Waals surface area contributed by atoms with Crippen LogP contribution in [0.3, 0.4) is 0 Å². The summed E-state index contributed by atoms with van der Waals surface area (Å²) in [6.45, 7) is 0.472. The van der Waals surface area contributed by atoms with Crippen molar-refractivity contribution in [2.75, 3.05) is 27.7 Å². The number of carbonyl (C=O) groups is 3. The lowest BCUT2D eigenvalue weighted by Gasteiger charge is -2.43. The molecule has 186 valence electrons. The minimum atomic E-state index is -0.806. The van der Waals surface area contributed by atoms with Crippen LogP contribution in [0.25, 0.3) is 11.1 Å². The van der Waals surface area contributed by atoms with Gasteiger partial charge in [-0.2, -0.15) is 0 Å². The minimum Gasteiger partial charge on any atom is -0.368 e. The third-order valence-corrected chi connectivity index (χ3v) is 7.20. The first-order valence-corrected chi connectivity index (χ1v) is 12.0. The van der Waals surface area contributed by atoms with Gasteiger partial charge < -0.3 is 19.9 Å². The van der Waals surface area contributed by atoms with Gasteiger partial charge in [0.25, 0.3) is 5.91 Å². The van der Waals surface area contributed by atoms with Crippen molar-refractivity contribution in [3.8, 4) is 11.1 Å². The topological polar surface area (TPSA) is 79.0 Å². The van der Waals surface area contributed by atoms with Gasteiger partial charge in [0.2, 0.25) is 0 Å². The van der Waals surface area contributed by atoms with E-state index in [1.807, 2.05) is 35.2 Å². The molecule has 1 N–H and O–H groups in total. The summed E-state index contributed by atoms with van der Waals surface area (Å²) in [4.78, 5) is 41.3. The first-order chi connectivity index (χ1) is 16.7. The molecular formula is C27H32FN3O4. The molecule has 2 aromatic rings. The van der Waals surface area contributed by atoms with Gasteiger partial charge in [0.05, 0.1) is 12.1 Å². The van der Waals surface area contributed by atoms with E-state index in [4.69, 9.17) is 4.74 Å². The molecule has 0 spiro atoms. The number of hydrogen-bond donors (Lipinski definition) is 1. The second kappa shape index (κ2) is 10.2. The van der Waals surface area contributed by atoms with Gasteiger partial charge in [0, 0.05) is 27.7 Å². The molecule has 3 amide bonds. The van der Waals surface area contributed by atoms with Crippen molar-refractivity contribution in [2.45, 2.75) is 49.8 Å². The number of amides is 3. The normalized spacial score (nSPS) is 20.7. The lowest BCUT2D eigenvalue weighted by atomic mass is 9.78. The number of likely N-dealkylation sites (tertiary alicyclic amines) is 1. The Morgan fingerprint density at radius 1 is 1.11 bits per heavy atom. The Hall–Kier alpha value is -3.26. The predicted molar refractivity (Wildman–Crippen MR) is 130 cm³/mol. The second-order valence-electron chi connectivity index (χ2n) is 9.60. The third-order valence-electron chi connectivity index (χ3n) is 7.20. The quantitative estimate of drug-likeness (QED) is 0.644. The van der Waals surface area contributed by atoms with E-state index in [0.29, 0.717) is 32.2 Å². The molecule has 1 aliphatic heterocycles. The van der Waals surface area contributed by atoms with E-state index in [2.05, 4.69) is 5.32 Å². The summed E-state index contributed by atoms with van der Waals surface area (Å²) in [6.07, 6.45) is 3.32. The Balaban J connectivity index is 1.61. The molecule has 2 aliphatic rings. The summed E-state index contributed by atoms with van der Waals surface area (Å²) in [6, 6.07) is 13.5. The monoisotopic (exact) mass is 481 g/mol. The highest BCUT2D eigenvalue weighted by atomic mass is 19.1. The molecule has 2 atom stereocenters. The van der Waals surface area contributed by atoms with Gasteiger partial charge in [-0.05, 0) is 60.9 Å². The van der Waals surface area contributed by atoms with Crippen LogP contribution in [0.2, 0.25) is 0 Å². The maximum atomic E-state index is 13.8. The van der Waals surface area contributed by atoms with E-state index < -0.39 is 17.4 Å². The highest BCUT2D eigenvalue weighted by Gasteiger charge is 2.50. The van der Waals surface area contributed by atoms with Crippen LogP contribution in [0.5, 0.6) is 0 Å². The molecule has 0 aromatic heterocycles. The van der Waals surface area contributed by atoms with Crippen LogP contribution in [0.1, 0.15) is 31.2 Å². The molecule has 1 aliphatic carbocycles. The van der Waals surface area contributed by atoms with Crippen molar-refractivity contribution in [3.63, 3.8) is 0 Å². The number of halogens is 1. The van der Waals surface area contributed by atoms with Crippen LogP contribution in [0, 0.1) is 5.82 Å². The fourth-order valence-electron chi connectivity index (χ4n) is 5.01. The smallest absolute Gasteiger partial charge is 0.311 e. The number of benzene rings is 2. The summed E-state index contributed by atoms with van der Waals surface area (Å²) in [5.74, 6) is -1.68. The van der Waals surface area contributed by atoms with Crippen LogP contribution in [0.15, 0.2) is 48.5 Å². The van der Waals surface area contributed by atoms with E-state index in [-0.39, 0.29) is 23.8 Å². The van der Waals surface area contributed by atoms with Crippen LogP contribution in [0.4, 0.5) is 4.39 Å². The first kappa shape index (κ1) is 24.9. The molecule has 35 heavy (non-hydrogen) atoms. The van der Waals surface area contributed by atoms with E-state index >= 15 is 0 Å². The minimum absolute atomic E-state index is 0.0618. The fraction of sp³-hybridized carbons (Fsp3) is 0.444. The average molecular weight is 482 g/mol. The molecule has 0 radical (unpaired) electrons. The standard InChI is InChI=1S/C27H32FN3O4/c1-30(2)25(33)24(32)29-22-11-14-31(26(34)27(35-3)12-6-13-27)23(22)16-18-7-4-8-19(15-18)20-9-5-10-21(28)17-20/h4-5,7-10,15,17,22-23H,6,11-14,16H2,1-3H3,(H,29,32)/t22-,23-/m0/s1. The summed E-state index contributed by atoms with van der Waals surface area (Å²) >= 11 is 0. The number of methoxy groups -OCH3 is 1. The zero-order chi connectivity index (χ0) is 25.2. The third kappa shape index (κ3) is 5.07. The first-order valence-electron chi connectivity index (χ1n) is 12.0. The maximum Gasteiger partial charge on any atom is 0.311 e. The summed E-state index contributed by atoms with van der Waals surface area (Å²) in [5, 5.41) is 2.86. The summed E-state index contributed by atoms with van der Waals surface area (Å²) in [7, 11) is 4.63. The van der Waals surface area contributed by atoms with Crippen molar-refractivity contribution in [1.82, 2.24) is 15.1 Å². The lowest BCUT2D eigenvalue weighted by molar-refractivity contribution is -0.167. The van der Waals surface area contributed by atoms with Crippen LogP contribution < -0.4 is 5.32 Å². The molecule has 1 saturated heterocycles. The molecule has 2 fully saturated rings. The van der Waals surface area contributed by atoms with E-state index in [1.165, 1.54) is 31.1 Å². The highest BCUT2D eigenvalue weighted by Crippen LogP contribution is 2.39. The highest BCUT2D eigenvalue weighted by molar-refractivity contribution is 6.34. The number of carbonyl (C=O) groups excluding carboxylic acids is 3. The van der Waals surface area contributed by atoms with Crippen molar-refractivity contribution in [1.29, 1.82) is 0 Å². The van der Waals surface area contributed by atoms with Gasteiger partial charge in [-0.3, -0.25) is 14.4 Å². The van der Waals surface area contributed by atoms with Gasteiger partial charge >= 0.3 is 11.8 Å². The van der Waals surface area contributed by atoms with Crippen LogP contribution in [-0.2, 0) is 25.5 Å². The Kier molecular flexibility index (Phi) is 7.21. The van der Waals surface area contributed by atoms with Gasteiger partial charge in [-0.25, -0.2) is 4.39 Å². The maximum absolute atomic E-state index is 13.8. The Morgan fingerprint density at radius 3 is 2.40 bits per heavy atom. The number of nitrogens with zero attached hydrogens (tertiary/aromatic N) is 2. The SMILES string of the molecule is COC1(C(=O)N2CC[C@H](NC(=O)C(=O)N(C)C)[C@@H]2Cc2cccc(-c3cccc(F)c3)c2)CCC1. The van der Waals surface area contributed by atoms with Crippen molar-refractivity contribution >= 4 is 17.7 Å². The van der Waals surface area contributed by atoms with Gasteiger partial charge in [-0.1, -0.05) is 36.4 Å². The number of likely N-dealkylation sites (N-methyl/N-ethyl adjacent to an activating group) is 1. The summed E-state index contributed by atoms with van der Waals surface area (Å²) < 4.78 is 19.4. The number of nitrogens with one attached hydrogen (secondary N) is 1. The molecule has 8 heteroatoms. The van der Waals surface area contributed by atoms with Crippen LogP contribution >= 0.6 is 0 Å². The largest absolute Gasteiger partial charge is 0.368 e. The zero-order valence-electron chi connectivity index (χ0n) is 20.4. The number of rotatable bonds is 6. The van der Waals surface area contributed by atoms with Crippen molar-refractivity contribution in [2.24, 2.45) is 0 Å². The molecular weight excluding hydrogens is 449 g/mol. The molecule has 2 aromatic carbocycles. The van der Waals surface area contributed by atoms with E-state index in [1.54, 1.807) is 13.2 Å². The lowest BCUT2D eigenvalue weighted by Crippen LogP contribution is -2.58. The average Bonchev–Trinajstić information content (AvgIpc) is 3.20. The molecule has 0 unspecified atom stereocenters. The van der Waals surface area contributed by atoms with Gasteiger partial charge in [0.15, 0.2) is 0 Å². The molecule has 1 saturated carbocycles. The van der Waals surface area contributed by atoms with E-state index in [9.17, 15) is 18.8 Å². The van der Waals surface area contributed by atoms with E-state index in [0.717, 1.165) is 23.1 Å². The predicted octanol–water partition coefficient (Wildman–Crippen LogP) is 2.78. The Labute approximate surface area is 205 Å². The van der Waals surface area contributed by atoms with Gasteiger partial charge in [0.1, 0.15) is 11.4 Å². The Bertz CT molecular complexity index is 1110.